The third kappa shape index (κ3) is 3.59. The molecule has 108 valence electrons. The van der Waals surface area contributed by atoms with Crippen molar-refractivity contribution in [2.75, 3.05) is 18.8 Å². The molecule has 1 unspecified atom stereocenters. The van der Waals surface area contributed by atoms with Gasteiger partial charge in [-0.05, 0) is 50.6 Å². The van der Waals surface area contributed by atoms with Gasteiger partial charge in [0.05, 0.1) is 22.3 Å². The zero-order valence-electron chi connectivity index (χ0n) is 11.7. The Hall–Kier alpha value is -1.38. The molecule has 20 heavy (non-hydrogen) atoms. The first-order valence-corrected chi connectivity index (χ1v) is 8.65. The van der Waals surface area contributed by atoms with Gasteiger partial charge in [-0.15, -0.1) is 0 Å². The van der Waals surface area contributed by atoms with E-state index in [0.717, 1.165) is 19.4 Å². The molecular weight excluding hydrogens is 272 g/mol. The van der Waals surface area contributed by atoms with Crippen LogP contribution in [0.25, 0.3) is 0 Å². The third-order valence-corrected chi connectivity index (χ3v) is 5.64. The molecule has 0 radical (unpaired) electrons. The van der Waals surface area contributed by atoms with Crippen LogP contribution < -0.4 is 0 Å². The maximum absolute atomic E-state index is 12.3. The number of sulfone groups is 1. The Kier molecular flexibility index (Phi) is 4.79. The van der Waals surface area contributed by atoms with E-state index in [1.165, 1.54) is 18.6 Å². The molecule has 0 amide bonds. The number of benzene rings is 1. The van der Waals surface area contributed by atoms with Crippen molar-refractivity contribution in [1.82, 2.24) is 4.90 Å². The molecule has 1 aliphatic rings. The Morgan fingerprint density at radius 3 is 2.60 bits per heavy atom. The molecule has 1 heterocycles. The summed E-state index contributed by atoms with van der Waals surface area (Å²) >= 11 is 0. The first-order chi connectivity index (χ1) is 9.53. The SMILES string of the molecule is CC1CCCCN1CCS(=O)(=O)c1ccc(C#N)cc1. The van der Waals surface area contributed by atoms with Crippen LogP contribution in [0.1, 0.15) is 31.7 Å². The van der Waals surface area contributed by atoms with E-state index in [-0.39, 0.29) is 5.75 Å². The van der Waals surface area contributed by atoms with Gasteiger partial charge in [0.15, 0.2) is 9.84 Å². The topological polar surface area (TPSA) is 61.2 Å². The smallest absolute Gasteiger partial charge is 0.179 e. The Bertz CT molecular complexity index is 587. The number of piperidine rings is 1. The van der Waals surface area contributed by atoms with Crippen molar-refractivity contribution in [2.45, 2.75) is 37.1 Å². The minimum Gasteiger partial charge on any atom is -0.300 e. The zero-order valence-corrected chi connectivity index (χ0v) is 12.6. The fourth-order valence-corrected chi connectivity index (χ4v) is 3.84. The highest BCUT2D eigenvalue weighted by atomic mass is 32.2. The van der Waals surface area contributed by atoms with E-state index in [1.54, 1.807) is 12.1 Å². The Morgan fingerprint density at radius 1 is 1.30 bits per heavy atom. The molecule has 1 aliphatic heterocycles. The van der Waals surface area contributed by atoms with Gasteiger partial charge in [-0.1, -0.05) is 6.42 Å². The van der Waals surface area contributed by atoms with Crippen LogP contribution in [0.2, 0.25) is 0 Å². The molecule has 0 aromatic heterocycles. The second-order valence-corrected chi connectivity index (χ2v) is 7.44. The van der Waals surface area contributed by atoms with Gasteiger partial charge in [-0.3, -0.25) is 4.90 Å². The highest BCUT2D eigenvalue weighted by Gasteiger charge is 2.21. The van der Waals surface area contributed by atoms with Crippen LogP contribution in [0.15, 0.2) is 29.2 Å². The third-order valence-electron chi connectivity index (χ3n) is 3.93. The number of hydrogen-bond donors (Lipinski definition) is 0. The second kappa shape index (κ2) is 6.38. The lowest BCUT2D eigenvalue weighted by molar-refractivity contribution is 0.170. The van der Waals surface area contributed by atoms with Gasteiger partial charge in [-0.25, -0.2) is 8.42 Å². The molecule has 1 saturated heterocycles. The van der Waals surface area contributed by atoms with E-state index in [1.807, 2.05) is 6.07 Å². The quantitative estimate of drug-likeness (QED) is 0.853. The van der Waals surface area contributed by atoms with Gasteiger partial charge in [0.1, 0.15) is 0 Å². The van der Waals surface area contributed by atoms with Crippen molar-refractivity contribution in [2.24, 2.45) is 0 Å². The Labute approximate surface area is 120 Å². The molecule has 0 spiro atoms. The monoisotopic (exact) mass is 292 g/mol. The van der Waals surface area contributed by atoms with E-state index < -0.39 is 9.84 Å². The van der Waals surface area contributed by atoms with Crippen LogP contribution in [0.5, 0.6) is 0 Å². The number of nitrogens with zero attached hydrogens (tertiary/aromatic N) is 2. The average molecular weight is 292 g/mol. The van der Waals surface area contributed by atoms with Crippen molar-refractivity contribution >= 4 is 9.84 Å². The van der Waals surface area contributed by atoms with Gasteiger partial charge in [-0.2, -0.15) is 5.26 Å². The second-order valence-electron chi connectivity index (χ2n) is 5.34. The highest BCUT2D eigenvalue weighted by molar-refractivity contribution is 7.91. The molecular formula is C15H20N2O2S. The van der Waals surface area contributed by atoms with E-state index >= 15 is 0 Å². The molecule has 4 nitrogen and oxygen atoms in total. The van der Waals surface area contributed by atoms with Gasteiger partial charge in [0.25, 0.3) is 0 Å². The summed E-state index contributed by atoms with van der Waals surface area (Å²) in [5.41, 5.74) is 0.480. The lowest BCUT2D eigenvalue weighted by Gasteiger charge is -2.33. The summed E-state index contributed by atoms with van der Waals surface area (Å²) in [7, 11) is -3.26. The summed E-state index contributed by atoms with van der Waals surface area (Å²) in [6.45, 7) is 3.74. The number of hydrogen-bond acceptors (Lipinski definition) is 4. The first-order valence-electron chi connectivity index (χ1n) is 7.00. The lowest BCUT2D eigenvalue weighted by atomic mass is 10.0. The fourth-order valence-electron chi connectivity index (χ4n) is 2.58. The van der Waals surface area contributed by atoms with E-state index in [0.29, 0.717) is 23.0 Å². The first kappa shape index (κ1) is 15.0. The lowest BCUT2D eigenvalue weighted by Crippen LogP contribution is -2.40. The largest absolute Gasteiger partial charge is 0.300 e. The van der Waals surface area contributed by atoms with Crippen LogP contribution in [-0.2, 0) is 9.84 Å². The summed E-state index contributed by atoms with van der Waals surface area (Å²) in [5, 5.41) is 8.73. The van der Waals surface area contributed by atoms with Gasteiger partial charge in [0.2, 0.25) is 0 Å². The maximum atomic E-state index is 12.3. The number of likely N-dealkylation sites (tertiary alicyclic amines) is 1. The molecule has 1 aromatic carbocycles. The summed E-state index contributed by atoms with van der Waals surface area (Å²) in [5.74, 6) is 0.142. The summed E-state index contributed by atoms with van der Waals surface area (Å²) in [4.78, 5) is 2.56. The zero-order chi connectivity index (χ0) is 14.6. The molecule has 5 heteroatoms. The average Bonchev–Trinajstić information content (AvgIpc) is 2.46. The van der Waals surface area contributed by atoms with Crippen LogP contribution in [0.4, 0.5) is 0 Å². The molecule has 2 rings (SSSR count). The minimum absolute atomic E-state index is 0.142. The Balaban J connectivity index is 2.01. The normalized spacial score (nSPS) is 20.5. The van der Waals surface area contributed by atoms with Gasteiger partial charge < -0.3 is 0 Å². The van der Waals surface area contributed by atoms with Crippen LogP contribution >= 0.6 is 0 Å². The van der Waals surface area contributed by atoms with Gasteiger partial charge >= 0.3 is 0 Å². The maximum Gasteiger partial charge on any atom is 0.179 e. The molecule has 0 N–H and O–H groups in total. The van der Waals surface area contributed by atoms with E-state index in [2.05, 4.69) is 11.8 Å². The van der Waals surface area contributed by atoms with Crippen molar-refractivity contribution < 1.29 is 8.42 Å². The molecule has 0 bridgehead atoms. The van der Waals surface area contributed by atoms with Crippen molar-refractivity contribution in [3.8, 4) is 6.07 Å². The summed E-state index contributed by atoms with van der Waals surface area (Å²) in [6, 6.07) is 8.61. The van der Waals surface area contributed by atoms with Crippen LogP contribution in [0, 0.1) is 11.3 Å². The van der Waals surface area contributed by atoms with Crippen molar-refractivity contribution in [3.05, 3.63) is 29.8 Å². The predicted octanol–water partition coefficient (Wildman–Crippen LogP) is 2.21. The van der Waals surface area contributed by atoms with E-state index in [4.69, 9.17) is 5.26 Å². The Morgan fingerprint density at radius 2 is 2.00 bits per heavy atom. The fraction of sp³-hybridized carbons (Fsp3) is 0.533. The summed E-state index contributed by atoms with van der Waals surface area (Å²) < 4.78 is 24.5. The van der Waals surface area contributed by atoms with Crippen LogP contribution in [-0.4, -0.2) is 38.2 Å². The molecule has 1 aromatic rings. The summed E-state index contributed by atoms with van der Waals surface area (Å²) in [6.07, 6.45) is 3.54. The van der Waals surface area contributed by atoms with Gasteiger partial charge in [0, 0.05) is 12.6 Å². The minimum atomic E-state index is -3.26. The molecule has 0 saturated carbocycles. The van der Waals surface area contributed by atoms with Crippen molar-refractivity contribution in [3.63, 3.8) is 0 Å². The predicted molar refractivity (Wildman–Crippen MR) is 78.1 cm³/mol. The standard InChI is InChI=1S/C15H20N2O2S/c1-13-4-2-3-9-17(13)10-11-20(18,19)15-7-5-14(12-16)6-8-15/h5-8,13H,2-4,9-11H2,1H3. The molecule has 1 fully saturated rings. The molecule has 1 atom stereocenters. The van der Waals surface area contributed by atoms with Crippen molar-refractivity contribution in [1.29, 1.82) is 5.26 Å². The van der Waals surface area contributed by atoms with Crippen LogP contribution in [0.3, 0.4) is 0 Å². The number of nitriles is 1. The molecule has 0 aliphatic carbocycles. The number of rotatable bonds is 4. The van der Waals surface area contributed by atoms with E-state index in [9.17, 15) is 8.42 Å². The highest BCUT2D eigenvalue weighted by Crippen LogP contribution is 2.18.